The van der Waals surface area contributed by atoms with E-state index in [1.165, 1.54) is 18.4 Å². The number of primary amides is 1. The fourth-order valence-corrected chi connectivity index (χ4v) is 3.18. The smallest absolute Gasteiger partial charge is 0.246 e. The molecule has 0 spiro atoms. The van der Waals surface area contributed by atoms with Gasteiger partial charge in [-0.2, -0.15) is 0 Å². The molecular weight excluding hydrogens is 300 g/mol. The Balaban J connectivity index is 1.65. The zero-order valence-corrected chi connectivity index (χ0v) is 13.7. The van der Waals surface area contributed by atoms with Crippen LogP contribution in [0.25, 0.3) is 0 Å². The van der Waals surface area contributed by atoms with Gasteiger partial charge in [0.05, 0.1) is 6.04 Å². The third-order valence-electron chi connectivity index (χ3n) is 4.63. The van der Waals surface area contributed by atoms with Crippen LogP contribution in [0.1, 0.15) is 24.3 Å². The molecule has 5 heteroatoms. The number of anilines is 1. The molecule has 2 unspecified atom stereocenters. The van der Waals surface area contributed by atoms with Gasteiger partial charge in [0.1, 0.15) is 0 Å². The van der Waals surface area contributed by atoms with E-state index >= 15 is 0 Å². The Labute approximate surface area is 142 Å². The van der Waals surface area contributed by atoms with Crippen LogP contribution in [0.5, 0.6) is 0 Å². The number of benzene rings is 1. The molecule has 0 radical (unpaired) electrons. The maximum atomic E-state index is 11.4. The Bertz CT molecular complexity index is 682. The maximum absolute atomic E-state index is 11.4. The van der Waals surface area contributed by atoms with Gasteiger partial charge in [0, 0.05) is 24.0 Å². The second-order valence-electron chi connectivity index (χ2n) is 6.28. The summed E-state index contributed by atoms with van der Waals surface area (Å²) in [4.78, 5) is 11.4. The Morgan fingerprint density at radius 1 is 1.29 bits per heavy atom. The maximum Gasteiger partial charge on any atom is 0.246 e. The van der Waals surface area contributed by atoms with Crippen molar-refractivity contribution in [2.75, 3.05) is 18.4 Å². The monoisotopic (exact) mass is 324 g/mol. The van der Waals surface area contributed by atoms with Crippen molar-refractivity contribution in [3.8, 4) is 0 Å². The highest BCUT2D eigenvalue weighted by Gasteiger charge is 2.19. The first-order valence-electron chi connectivity index (χ1n) is 8.36. The summed E-state index contributed by atoms with van der Waals surface area (Å²) in [6.45, 7) is 2.18. The Kier molecular flexibility index (Phi) is 5.13. The Morgan fingerprint density at radius 3 is 2.75 bits per heavy atom. The second-order valence-corrected chi connectivity index (χ2v) is 6.28. The number of hydrogen-bond donors (Lipinski definition) is 4. The Morgan fingerprint density at radius 2 is 2.08 bits per heavy atom. The first-order chi connectivity index (χ1) is 11.6. The van der Waals surface area contributed by atoms with Gasteiger partial charge in [0.2, 0.25) is 5.91 Å². The summed E-state index contributed by atoms with van der Waals surface area (Å²) in [7, 11) is 0. The quantitative estimate of drug-likeness (QED) is 0.679. The largest absolute Gasteiger partial charge is 0.366 e. The van der Waals surface area contributed by atoms with Gasteiger partial charge < -0.3 is 22.1 Å². The molecule has 0 saturated carbocycles. The topological polar surface area (TPSA) is 93.2 Å². The van der Waals surface area contributed by atoms with Gasteiger partial charge in [0.15, 0.2) is 0 Å². The minimum atomic E-state index is -0.493. The lowest BCUT2D eigenvalue weighted by Gasteiger charge is -2.23. The highest BCUT2D eigenvalue weighted by Crippen LogP contribution is 2.24. The summed E-state index contributed by atoms with van der Waals surface area (Å²) in [5, 5.41) is 6.69. The molecule has 2 aliphatic rings. The van der Waals surface area contributed by atoms with Crippen molar-refractivity contribution in [2.24, 2.45) is 11.5 Å². The SMILES string of the molecule is NC(=O)C1=CC=C/C(=C/Nc2ccc(C3CCCNC3)cc2)C1N. The first-order valence-corrected chi connectivity index (χ1v) is 8.36. The predicted molar refractivity (Wildman–Crippen MR) is 97.4 cm³/mol. The molecule has 1 fully saturated rings. The zero-order valence-electron chi connectivity index (χ0n) is 13.7. The van der Waals surface area contributed by atoms with Crippen LogP contribution >= 0.6 is 0 Å². The molecule has 6 N–H and O–H groups in total. The van der Waals surface area contributed by atoms with Gasteiger partial charge in [-0.15, -0.1) is 0 Å². The summed E-state index contributed by atoms with van der Waals surface area (Å²) in [5.74, 6) is 0.118. The van der Waals surface area contributed by atoms with Crippen LogP contribution in [0.15, 0.2) is 59.8 Å². The van der Waals surface area contributed by atoms with Crippen LogP contribution in [-0.4, -0.2) is 25.0 Å². The van der Waals surface area contributed by atoms with E-state index in [-0.39, 0.29) is 0 Å². The van der Waals surface area contributed by atoms with Crippen LogP contribution < -0.4 is 22.1 Å². The predicted octanol–water partition coefficient (Wildman–Crippen LogP) is 1.76. The fraction of sp³-hybridized carbons (Fsp3) is 0.316. The van der Waals surface area contributed by atoms with Gasteiger partial charge in [0.25, 0.3) is 0 Å². The number of allylic oxidation sites excluding steroid dienone is 2. The molecule has 1 aromatic rings. The van der Waals surface area contributed by atoms with Crippen LogP contribution in [0.4, 0.5) is 5.69 Å². The van der Waals surface area contributed by atoms with Crippen molar-refractivity contribution in [2.45, 2.75) is 24.8 Å². The molecule has 1 aliphatic carbocycles. The van der Waals surface area contributed by atoms with Crippen LogP contribution in [-0.2, 0) is 4.79 Å². The normalized spacial score (nSPS) is 25.4. The number of amides is 1. The van der Waals surface area contributed by atoms with Crippen LogP contribution in [0.3, 0.4) is 0 Å². The van der Waals surface area contributed by atoms with E-state index in [9.17, 15) is 4.79 Å². The van der Waals surface area contributed by atoms with Crippen molar-refractivity contribution < 1.29 is 4.79 Å². The Hall–Kier alpha value is -2.37. The molecule has 0 bridgehead atoms. The molecule has 1 saturated heterocycles. The number of nitrogens with two attached hydrogens (primary N) is 2. The van der Waals surface area contributed by atoms with E-state index in [0.29, 0.717) is 11.5 Å². The molecule has 1 aliphatic heterocycles. The molecule has 1 heterocycles. The average molecular weight is 324 g/mol. The van der Waals surface area contributed by atoms with E-state index < -0.39 is 11.9 Å². The summed E-state index contributed by atoms with van der Waals surface area (Å²) in [5.41, 5.74) is 15.0. The second kappa shape index (κ2) is 7.47. The van der Waals surface area contributed by atoms with E-state index in [1.807, 2.05) is 12.3 Å². The summed E-state index contributed by atoms with van der Waals surface area (Å²) >= 11 is 0. The minimum absolute atomic E-state index is 0.422. The number of carbonyl (C=O) groups excluding carboxylic acids is 1. The van der Waals surface area contributed by atoms with Gasteiger partial charge >= 0.3 is 0 Å². The van der Waals surface area contributed by atoms with Crippen molar-refractivity contribution in [3.05, 3.63) is 65.4 Å². The highest BCUT2D eigenvalue weighted by atomic mass is 16.1. The lowest BCUT2D eigenvalue weighted by molar-refractivity contribution is -0.114. The number of hydrogen-bond acceptors (Lipinski definition) is 4. The molecular formula is C19H24N4O. The van der Waals surface area contributed by atoms with E-state index in [0.717, 1.165) is 24.4 Å². The molecule has 1 aromatic carbocycles. The van der Waals surface area contributed by atoms with E-state index in [1.54, 1.807) is 12.2 Å². The standard InChI is InChI=1S/C19H24N4O/c20-18-15(3-1-5-17(18)19(21)24)12-23-16-8-6-13(7-9-16)14-4-2-10-22-11-14/h1,3,5-9,12,14,18,22-23H,2,4,10-11,20H2,(H2,21,24)/b15-12-. The molecule has 1 amide bonds. The van der Waals surface area contributed by atoms with Crippen LogP contribution in [0.2, 0.25) is 0 Å². The lowest BCUT2D eigenvalue weighted by atomic mass is 9.91. The highest BCUT2D eigenvalue weighted by molar-refractivity contribution is 5.95. The minimum Gasteiger partial charge on any atom is -0.366 e. The third-order valence-corrected chi connectivity index (χ3v) is 4.63. The average Bonchev–Trinajstić information content (AvgIpc) is 2.62. The summed E-state index contributed by atoms with van der Waals surface area (Å²) < 4.78 is 0. The fourth-order valence-electron chi connectivity index (χ4n) is 3.18. The van der Waals surface area contributed by atoms with Gasteiger partial charge in [-0.3, -0.25) is 4.79 Å². The number of carbonyl (C=O) groups is 1. The zero-order chi connectivity index (χ0) is 16.9. The van der Waals surface area contributed by atoms with Crippen molar-refractivity contribution >= 4 is 11.6 Å². The lowest BCUT2D eigenvalue weighted by Crippen LogP contribution is -2.33. The molecule has 3 rings (SSSR count). The number of rotatable bonds is 4. The molecule has 126 valence electrons. The van der Waals surface area contributed by atoms with E-state index in [2.05, 4.69) is 34.9 Å². The third kappa shape index (κ3) is 3.75. The van der Waals surface area contributed by atoms with E-state index in [4.69, 9.17) is 11.5 Å². The van der Waals surface area contributed by atoms with Gasteiger partial charge in [-0.1, -0.05) is 30.4 Å². The number of nitrogens with one attached hydrogen (secondary N) is 2. The summed E-state index contributed by atoms with van der Waals surface area (Å²) in [6.07, 6.45) is 9.64. The molecule has 2 atom stereocenters. The van der Waals surface area contributed by atoms with Gasteiger partial charge in [-0.25, -0.2) is 0 Å². The molecule has 24 heavy (non-hydrogen) atoms. The van der Waals surface area contributed by atoms with Crippen molar-refractivity contribution in [1.82, 2.24) is 5.32 Å². The van der Waals surface area contributed by atoms with Crippen LogP contribution in [0, 0.1) is 0 Å². The van der Waals surface area contributed by atoms with Crippen molar-refractivity contribution in [3.63, 3.8) is 0 Å². The number of piperidine rings is 1. The molecule has 5 nitrogen and oxygen atoms in total. The summed E-state index contributed by atoms with van der Waals surface area (Å²) in [6, 6.07) is 7.99. The first kappa shape index (κ1) is 16.5. The molecule has 0 aromatic heterocycles. The van der Waals surface area contributed by atoms with Crippen molar-refractivity contribution in [1.29, 1.82) is 0 Å². The van der Waals surface area contributed by atoms with Gasteiger partial charge in [-0.05, 0) is 48.6 Å².